The Kier molecular flexibility index (Phi) is 4.79. The van der Waals surface area contributed by atoms with Crippen LogP contribution in [0.3, 0.4) is 0 Å². The van der Waals surface area contributed by atoms with Crippen LogP contribution < -0.4 is 5.32 Å². The molecule has 1 nitrogen and oxygen atoms in total. The van der Waals surface area contributed by atoms with Gasteiger partial charge in [-0.1, -0.05) is 46.0 Å². The molecule has 78 valence electrons. The molecule has 0 aromatic rings. The maximum atomic E-state index is 3.54. The van der Waals surface area contributed by atoms with E-state index in [2.05, 4.69) is 26.1 Å². The number of nitrogens with one attached hydrogen (secondary N) is 1. The van der Waals surface area contributed by atoms with Gasteiger partial charge in [0.05, 0.1) is 0 Å². The van der Waals surface area contributed by atoms with Gasteiger partial charge in [-0.05, 0) is 25.3 Å². The van der Waals surface area contributed by atoms with Crippen molar-refractivity contribution < 1.29 is 0 Å². The Bertz CT molecular complexity index is 127. The predicted octanol–water partition coefficient (Wildman–Crippen LogP) is 3.20. The molecular weight excluding hydrogens is 158 g/mol. The molecule has 13 heavy (non-hydrogen) atoms. The first-order chi connectivity index (χ1) is 6.25. The van der Waals surface area contributed by atoms with Crippen molar-refractivity contribution in [2.45, 2.75) is 58.9 Å². The van der Waals surface area contributed by atoms with Gasteiger partial charge in [0.1, 0.15) is 0 Å². The summed E-state index contributed by atoms with van der Waals surface area (Å²) < 4.78 is 0. The van der Waals surface area contributed by atoms with E-state index in [9.17, 15) is 0 Å². The molecule has 0 heterocycles. The number of hydrogen-bond acceptors (Lipinski definition) is 1. The normalized spacial score (nSPS) is 24.2. The summed E-state index contributed by atoms with van der Waals surface area (Å²) in [6.45, 7) is 8.06. The Morgan fingerprint density at radius 2 is 1.77 bits per heavy atom. The van der Waals surface area contributed by atoms with Crippen LogP contribution in [0.4, 0.5) is 0 Å². The molecule has 2 unspecified atom stereocenters. The summed E-state index contributed by atoms with van der Waals surface area (Å²) in [5.74, 6) is 1.85. The molecule has 0 spiro atoms. The van der Waals surface area contributed by atoms with Crippen molar-refractivity contribution in [3.8, 4) is 0 Å². The van der Waals surface area contributed by atoms with E-state index in [1.54, 1.807) is 0 Å². The van der Waals surface area contributed by atoms with Crippen molar-refractivity contribution >= 4 is 0 Å². The first-order valence-corrected chi connectivity index (χ1v) is 5.99. The number of hydrogen-bond donors (Lipinski definition) is 1. The highest BCUT2D eigenvalue weighted by atomic mass is 14.9. The van der Waals surface area contributed by atoms with Crippen LogP contribution in [-0.4, -0.2) is 12.6 Å². The van der Waals surface area contributed by atoms with Crippen LogP contribution in [0.2, 0.25) is 0 Å². The molecule has 0 amide bonds. The van der Waals surface area contributed by atoms with E-state index >= 15 is 0 Å². The van der Waals surface area contributed by atoms with Crippen LogP contribution in [0.5, 0.6) is 0 Å². The third-order valence-electron chi connectivity index (χ3n) is 3.71. The molecule has 0 saturated heterocycles. The zero-order valence-electron chi connectivity index (χ0n) is 9.47. The van der Waals surface area contributed by atoms with Crippen molar-refractivity contribution in [2.75, 3.05) is 6.54 Å². The Morgan fingerprint density at radius 3 is 2.31 bits per heavy atom. The summed E-state index contributed by atoms with van der Waals surface area (Å²) in [7, 11) is 0. The van der Waals surface area contributed by atoms with Crippen molar-refractivity contribution in [1.29, 1.82) is 0 Å². The van der Waals surface area contributed by atoms with Gasteiger partial charge in [0.15, 0.2) is 0 Å². The summed E-state index contributed by atoms with van der Waals surface area (Å²) in [6, 6.07) is 0.702. The van der Waals surface area contributed by atoms with Gasteiger partial charge in [0, 0.05) is 6.04 Å². The van der Waals surface area contributed by atoms with E-state index < -0.39 is 0 Å². The average molecular weight is 183 g/mol. The van der Waals surface area contributed by atoms with Gasteiger partial charge < -0.3 is 5.32 Å². The van der Waals surface area contributed by atoms with Crippen molar-refractivity contribution in [2.24, 2.45) is 11.8 Å². The molecule has 1 saturated carbocycles. The molecular formula is C12H25N. The molecule has 1 aliphatic rings. The van der Waals surface area contributed by atoms with Crippen LogP contribution in [-0.2, 0) is 0 Å². The summed E-state index contributed by atoms with van der Waals surface area (Å²) in [6.07, 6.45) is 7.34. The van der Waals surface area contributed by atoms with Crippen molar-refractivity contribution in [3.63, 3.8) is 0 Å². The van der Waals surface area contributed by atoms with E-state index in [0.717, 1.165) is 18.4 Å². The summed E-state index contributed by atoms with van der Waals surface area (Å²) >= 11 is 0. The lowest BCUT2D eigenvalue weighted by Gasteiger charge is -2.32. The van der Waals surface area contributed by atoms with Gasteiger partial charge in [-0.25, -0.2) is 0 Å². The Balaban J connectivity index is 2.31. The van der Waals surface area contributed by atoms with Crippen LogP contribution in [0.15, 0.2) is 0 Å². The summed E-state index contributed by atoms with van der Waals surface area (Å²) in [5.41, 5.74) is 0. The highest BCUT2D eigenvalue weighted by Crippen LogP contribution is 2.31. The van der Waals surface area contributed by atoms with E-state index in [4.69, 9.17) is 0 Å². The van der Waals surface area contributed by atoms with Gasteiger partial charge in [-0.2, -0.15) is 0 Å². The maximum absolute atomic E-state index is 3.54. The molecule has 1 N–H and O–H groups in total. The molecule has 0 bridgehead atoms. The largest absolute Gasteiger partial charge is 0.314 e. The third-order valence-corrected chi connectivity index (χ3v) is 3.71. The molecule has 1 heteroatoms. The molecule has 2 atom stereocenters. The zero-order valence-corrected chi connectivity index (χ0v) is 9.47. The first-order valence-electron chi connectivity index (χ1n) is 5.99. The lowest BCUT2D eigenvalue weighted by molar-refractivity contribution is 0.220. The summed E-state index contributed by atoms with van der Waals surface area (Å²) in [4.78, 5) is 0. The van der Waals surface area contributed by atoms with Crippen LogP contribution in [0.25, 0.3) is 0 Å². The highest BCUT2D eigenvalue weighted by Gasteiger charge is 2.23. The van der Waals surface area contributed by atoms with Gasteiger partial charge in [0.2, 0.25) is 0 Å². The van der Waals surface area contributed by atoms with Gasteiger partial charge in [-0.15, -0.1) is 0 Å². The molecule has 0 radical (unpaired) electrons. The van der Waals surface area contributed by atoms with Gasteiger partial charge in [0.25, 0.3) is 0 Å². The Hall–Kier alpha value is -0.0400. The second kappa shape index (κ2) is 5.64. The first kappa shape index (κ1) is 11.0. The standard InChI is InChI=1S/C12H25N/c1-4-13-11(3)10(2)12-8-6-5-7-9-12/h10-13H,4-9H2,1-3H3. The van der Waals surface area contributed by atoms with Gasteiger partial charge in [-0.3, -0.25) is 0 Å². The van der Waals surface area contributed by atoms with Crippen molar-refractivity contribution in [1.82, 2.24) is 5.32 Å². The lowest BCUT2D eigenvalue weighted by atomic mass is 9.78. The zero-order chi connectivity index (χ0) is 9.68. The minimum atomic E-state index is 0.702. The Labute approximate surface area is 83.3 Å². The van der Waals surface area contributed by atoms with E-state index in [1.807, 2.05) is 0 Å². The molecule has 1 fully saturated rings. The minimum Gasteiger partial charge on any atom is -0.314 e. The number of rotatable bonds is 4. The van der Waals surface area contributed by atoms with Crippen LogP contribution in [0.1, 0.15) is 52.9 Å². The van der Waals surface area contributed by atoms with E-state index in [0.29, 0.717) is 6.04 Å². The van der Waals surface area contributed by atoms with Gasteiger partial charge >= 0.3 is 0 Å². The fourth-order valence-corrected chi connectivity index (χ4v) is 2.58. The van der Waals surface area contributed by atoms with E-state index in [1.165, 1.54) is 32.1 Å². The molecule has 0 aliphatic heterocycles. The second-order valence-electron chi connectivity index (χ2n) is 4.60. The van der Waals surface area contributed by atoms with Crippen LogP contribution >= 0.6 is 0 Å². The fourth-order valence-electron chi connectivity index (χ4n) is 2.58. The van der Waals surface area contributed by atoms with Crippen molar-refractivity contribution in [3.05, 3.63) is 0 Å². The maximum Gasteiger partial charge on any atom is 0.00668 e. The van der Waals surface area contributed by atoms with Crippen LogP contribution in [0, 0.1) is 11.8 Å². The molecule has 0 aromatic carbocycles. The molecule has 0 aromatic heterocycles. The summed E-state index contributed by atoms with van der Waals surface area (Å²) in [5, 5.41) is 3.54. The highest BCUT2D eigenvalue weighted by molar-refractivity contribution is 4.77. The fraction of sp³-hybridized carbons (Fsp3) is 1.00. The average Bonchev–Trinajstić information content (AvgIpc) is 2.18. The lowest BCUT2D eigenvalue weighted by Crippen LogP contribution is -2.36. The second-order valence-corrected chi connectivity index (χ2v) is 4.60. The monoisotopic (exact) mass is 183 g/mol. The molecule has 1 rings (SSSR count). The van der Waals surface area contributed by atoms with E-state index in [-0.39, 0.29) is 0 Å². The topological polar surface area (TPSA) is 12.0 Å². The molecule has 1 aliphatic carbocycles. The minimum absolute atomic E-state index is 0.702. The predicted molar refractivity (Wildman–Crippen MR) is 58.9 cm³/mol. The smallest absolute Gasteiger partial charge is 0.00668 e. The Morgan fingerprint density at radius 1 is 1.15 bits per heavy atom. The third kappa shape index (κ3) is 3.30. The quantitative estimate of drug-likeness (QED) is 0.706. The SMILES string of the molecule is CCNC(C)C(C)C1CCCCC1.